The Hall–Kier alpha value is -1.53. The first kappa shape index (κ1) is 11.5. The Balaban J connectivity index is 2.60. The van der Waals surface area contributed by atoms with Gasteiger partial charge in [0.25, 0.3) is 0 Å². The maximum absolute atomic E-state index is 9.52. The van der Waals surface area contributed by atoms with Crippen LogP contribution in [0, 0.1) is 11.3 Å². The molecule has 1 aromatic carbocycles. The van der Waals surface area contributed by atoms with Crippen molar-refractivity contribution in [1.29, 1.82) is 5.26 Å². The Morgan fingerprint density at radius 3 is 2.60 bits per heavy atom. The predicted octanol–water partition coefficient (Wildman–Crippen LogP) is 2.42. The Morgan fingerprint density at radius 2 is 2.07 bits per heavy atom. The van der Waals surface area contributed by atoms with E-state index in [-0.39, 0.29) is 6.42 Å². The molecule has 1 aromatic rings. The molecular formula is C12H15NO2. The molecule has 0 saturated carbocycles. The molecule has 0 heterocycles. The second kappa shape index (κ2) is 6.05. The van der Waals surface area contributed by atoms with E-state index in [9.17, 15) is 5.11 Å². The van der Waals surface area contributed by atoms with Gasteiger partial charge in [-0.15, -0.1) is 0 Å². The van der Waals surface area contributed by atoms with Gasteiger partial charge in [0, 0.05) is 0 Å². The number of hydrogen-bond donors (Lipinski definition) is 1. The van der Waals surface area contributed by atoms with E-state index in [1.807, 2.05) is 25.1 Å². The molecule has 80 valence electrons. The average molecular weight is 205 g/mol. The minimum absolute atomic E-state index is 0.120. The van der Waals surface area contributed by atoms with Crippen molar-refractivity contribution in [3.63, 3.8) is 0 Å². The molecule has 0 radical (unpaired) electrons. The summed E-state index contributed by atoms with van der Waals surface area (Å²) in [6, 6.07) is 9.13. The minimum Gasteiger partial charge on any atom is -0.494 e. The molecular weight excluding hydrogens is 190 g/mol. The summed E-state index contributed by atoms with van der Waals surface area (Å²) in [4.78, 5) is 0. The van der Waals surface area contributed by atoms with E-state index in [0.717, 1.165) is 17.7 Å². The maximum atomic E-state index is 9.52. The number of ether oxygens (including phenoxy) is 1. The van der Waals surface area contributed by atoms with Crippen molar-refractivity contribution in [1.82, 2.24) is 0 Å². The summed E-state index contributed by atoms with van der Waals surface area (Å²) >= 11 is 0. The van der Waals surface area contributed by atoms with E-state index in [1.54, 1.807) is 12.1 Å². The topological polar surface area (TPSA) is 53.2 Å². The van der Waals surface area contributed by atoms with Crippen LogP contribution in [0.5, 0.6) is 5.75 Å². The van der Waals surface area contributed by atoms with E-state index < -0.39 is 6.10 Å². The third kappa shape index (κ3) is 3.61. The van der Waals surface area contributed by atoms with Crippen molar-refractivity contribution < 1.29 is 9.84 Å². The van der Waals surface area contributed by atoms with Gasteiger partial charge in [0.1, 0.15) is 5.75 Å². The Labute approximate surface area is 89.9 Å². The number of nitriles is 1. The quantitative estimate of drug-likeness (QED) is 0.803. The Bertz CT molecular complexity index is 326. The summed E-state index contributed by atoms with van der Waals surface area (Å²) in [5, 5.41) is 18.0. The first-order valence-electron chi connectivity index (χ1n) is 5.05. The molecule has 0 aliphatic heterocycles. The summed E-state index contributed by atoms with van der Waals surface area (Å²) in [6.45, 7) is 2.74. The van der Waals surface area contributed by atoms with E-state index >= 15 is 0 Å². The molecule has 0 aliphatic rings. The summed E-state index contributed by atoms with van der Waals surface area (Å²) in [6.07, 6.45) is 0.392. The number of nitrogens with zero attached hydrogens (tertiary/aromatic N) is 1. The first-order chi connectivity index (χ1) is 7.27. The second-order valence-corrected chi connectivity index (χ2v) is 3.30. The second-order valence-electron chi connectivity index (χ2n) is 3.30. The largest absolute Gasteiger partial charge is 0.494 e. The average Bonchev–Trinajstić information content (AvgIpc) is 2.27. The zero-order valence-corrected chi connectivity index (χ0v) is 8.81. The van der Waals surface area contributed by atoms with Crippen LogP contribution in [-0.2, 0) is 0 Å². The summed E-state index contributed by atoms with van der Waals surface area (Å²) < 4.78 is 5.40. The Morgan fingerprint density at radius 1 is 1.40 bits per heavy atom. The van der Waals surface area contributed by atoms with Crippen molar-refractivity contribution in [2.75, 3.05) is 6.61 Å². The molecule has 0 bridgehead atoms. The fourth-order valence-electron chi connectivity index (χ4n) is 1.21. The first-order valence-corrected chi connectivity index (χ1v) is 5.05. The standard InChI is InChI=1S/C12H15NO2/c1-2-9-15-11-5-3-10(4-6-11)12(14)7-8-13/h3-6,12,14H,2,7,9H2,1H3. The maximum Gasteiger partial charge on any atom is 0.119 e. The lowest BCUT2D eigenvalue weighted by Crippen LogP contribution is -1.97. The lowest BCUT2D eigenvalue weighted by molar-refractivity contribution is 0.183. The third-order valence-electron chi connectivity index (χ3n) is 2.02. The van der Waals surface area contributed by atoms with E-state index in [0.29, 0.717) is 6.61 Å². The van der Waals surface area contributed by atoms with Crippen molar-refractivity contribution in [3.8, 4) is 11.8 Å². The normalized spacial score (nSPS) is 11.8. The molecule has 1 N–H and O–H groups in total. The zero-order chi connectivity index (χ0) is 11.1. The fourth-order valence-corrected chi connectivity index (χ4v) is 1.21. The van der Waals surface area contributed by atoms with Crippen LogP contribution >= 0.6 is 0 Å². The van der Waals surface area contributed by atoms with E-state index in [4.69, 9.17) is 10.00 Å². The lowest BCUT2D eigenvalue weighted by atomic mass is 10.1. The van der Waals surface area contributed by atoms with Crippen LogP contribution in [0.15, 0.2) is 24.3 Å². The lowest BCUT2D eigenvalue weighted by Gasteiger charge is -2.08. The molecule has 15 heavy (non-hydrogen) atoms. The molecule has 0 amide bonds. The van der Waals surface area contributed by atoms with Gasteiger partial charge >= 0.3 is 0 Å². The third-order valence-corrected chi connectivity index (χ3v) is 2.02. The number of aliphatic hydroxyl groups is 1. The molecule has 3 heteroatoms. The smallest absolute Gasteiger partial charge is 0.119 e. The molecule has 0 aromatic heterocycles. The number of benzene rings is 1. The van der Waals surface area contributed by atoms with Gasteiger partial charge in [-0.05, 0) is 24.1 Å². The number of rotatable bonds is 5. The van der Waals surface area contributed by atoms with Gasteiger partial charge in [-0.3, -0.25) is 0 Å². The highest BCUT2D eigenvalue weighted by Crippen LogP contribution is 2.19. The van der Waals surface area contributed by atoms with Gasteiger partial charge in [0.05, 0.1) is 25.2 Å². The molecule has 1 unspecified atom stereocenters. The van der Waals surface area contributed by atoms with Gasteiger partial charge in [-0.2, -0.15) is 5.26 Å². The summed E-state index contributed by atoms with van der Waals surface area (Å²) in [7, 11) is 0. The van der Waals surface area contributed by atoms with Crippen LogP contribution in [0.25, 0.3) is 0 Å². The van der Waals surface area contributed by atoms with Crippen LogP contribution in [-0.4, -0.2) is 11.7 Å². The van der Waals surface area contributed by atoms with Crippen LogP contribution < -0.4 is 4.74 Å². The monoisotopic (exact) mass is 205 g/mol. The van der Waals surface area contributed by atoms with Gasteiger partial charge in [0.2, 0.25) is 0 Å². The molecule has 0 saturated heterocycles. The predicted molar refractivity (Wildman–Crippen MR) is 57.4 cm³/mol. The number of hydrogen-bond acceptors (Lipinski definition) is 3. The highest BCUT2D eigenvalue weighted by atomic mass is 16.5. The van der Waals surface area contributed by atoms with Crippen molar-refractivity contribution in [2.24, 2.45) is 0 Å². The van der Waals surface area contributed by atoms with Crippen LogP contribution in [0.1, 0.15) is 31.4 Å². The van der Waals surface area contributed by atoms with Crippen LogP contribution in [0.2, 0.25) is 0 Å². The SMILES string of the molecule is CCCOc1ccc(C(O)CC#N)cc1. The van der Waals surface area contributed by atoms with Gasteiger partial charge < -0.3 is 9.84 Å². The fraction of sp³-hybridized carbons (Fsp3) is 0.417. The molecule has 0 spiro atoms. The molecule has 1 atom stereocenters. The van der Waals surface area contributed by atoms with Gasteiger partial charge in [-0.1, -0.05) is 19.1 Å². The summed E-state index contributed by atoms with van der Waals surface area (Å²) in [5.74, 6) is 0.796. The Kier molecular flexibility index (Phi) is 4.65. The molecule has 0 fully saturated rings. The van der Waals surface area contributed by atoms with Crippen molar-refractivity contribution >= 4 is 0 Å². The minimum atomic E-state index is -0.699. The molecule has 0 aliphatic carbocycles. The summed E-state index contributed by atoms with van der Waals surface area (Å²) in [5.41, 5.74) is 0.750. The van der Waals surface area contributed by atoms with E-state index in [2.05, 4.69) is 0 Å². The molecule has 3 nitrogen and oxygen atoms in total. The van der Waals surface area contributed by atoms with Crippen LogP contribution in [0.3, 0.4) is 0 Å². The highest BCUT2D eigenvalue weighted by molar-refractivity contribution is 5.28. The molecule has 1 rings (SSSR count). The highest BCUT2D eigenvalue weighted by Gasteiger charge is 2.06. The van der Waals surface area contributed by atoms with E-state index in [1.165, 1.54) is 0 Å². The van der Waals surface area contributed by atoms with Gasteiger partial charge in [-0.25, -0.2) is 0 Å². The van der Waals surface area contributed by atoms with Crippen molar-refractivity contribution in [2.45, 2.75) is 25.9 Å². The van der Waals surface area contributed by atoms with Gasteiger partial charge in [0.15, 0.2) is 0 Å². The van der Waals surface area contributed by atoms with Crippen molar-refractivity contribution in [3.05, 3.63) is 29.8 Å². The number of aliphatic hydroxyl groups excluding tert-OH is 1. The van der Waals surface area contributed by atoms with Crippen LogP contribution in [0.4, 0.5) is 0 Å². The zero-order valence-electron chi connectivity index (χ0n) is 8.81.